The molecule has 0 heterocycles. The first-order valence-electron chi connectivity index (χ1n) is 10.1. The Bertz CT molecular complexity index is 485. The molecule has 0 spiro atoms. The van der Waals surface area contributed by atoms with Crippen LogP contribution in [0.4, 0.5) is 0 Å². The quantitative estimate of drug-likeness (QED) is 0.183. The van der Waals surface area contributed by atoms with Crippen molar-refractivity contribution in [2.45, 2.75) is 91.4 Å². The fraction of sp³-hybridized carbons (Fsp3) is 0.889. The van der Waals surface area contributed by atoms with Crippen molar-refractivity contribution in [3.63, 3.8) is 0 Å². The molecule has 0 aromatic rings. The molecule has 162 valence electrons. The lowest BCUT2D eigenvalue weighted by Crippen LogP contribution is -2.64. The summed E-state index contributed by atoms with van der Waals surface area (Å²) in [5.41, 5.74) is 1.08. The fourth-order valence-corrected chi connectivity index (χ4v) is 29.7. The largest absolute Gasteiger partial charge is 0.439 e. The lowest BCUT2D eigenvalue weighted by molar-refractivity contribution is 0.157. The number of hydrogen-bond acceptors (Lipinski definition) is 4. The second kappa shape index (κ2) is 10.1. The third-order valence-corrected chi connectivity index (χ3v) is 33.3. The summed E-state index contributed by atoms with van der Waals surface area (Å²) in [6.45, 7) is 32.5. The predicted molar refractivity (Wildman–Crippen MR) is 132 cm³/mol. The lowest BCUT2D eigenvalue weighted by atomic mass is 10.4. The second-order valence-corrected chi connectivity index (χ2v) is 38.0. The van der Waals surface area contributed by atoms with E-state index in [9.17, 15) is 0 Å². The zero-order valence-electron chi connectivity index (χ0n) is 20.2. The van der Waals surface area contributed by atoms with Crippen LogP contribution in [-0.4, -0.2) is 54.1 Å². The van der Waals surface area contributed by atoms with Gasteiger partial charge in [-0.1, -0.05) is 31.3 Å². The van der Waals surface area contributed by atoms with Crippen LogP contribution in [0, 0.1) is 0 Å². The van der Waals surface area contributed by atoms with Crippen LogP contribution >= 0.6 is 0 Å². The van der Waals surface area contributed by atoms with Gasteiger partial charge in [-0.2, -0.15) is 0 Å². The molecule has 0 amide bonds. The molecule has 0 atom stereocenters. The molecule has 0 saturated heterocycles. The fourth-order valence-electron chi connectivity index (χ4n) is 3.29. The van der Waals surface area contributed by atoms with Crippen LogP contribution in [0.25, 0.3) is 0 Å². The van der Waals surface area contributed by atoms with Gasteiger partial charge >= 0.3 is 17.1 Å². The summed E-state index contributed by atoms with van der Waals surface area (Å²) in [5, 5.41) is 0. The van der Waals surface area contributed by atoms with Crippen molar-refractivity contribution >= 4 is 40.9 Å². The van der Waals surface area contributed by atoms with Crippen LogP contribution in [0.1, 0.15) is 13.3 Å². The summed E-state index contributed by atoms with van der Waals surface area (Å²) in [6, 6.07) is 1.24. The molecule has 0 fully saturated rings. The summed E-state index contributed by atoms with van der Waals surface area (Å²) >= 11 is 0. The Balaban J connectivity index is 4.85. The van der Waals surface area contributed by atoms with Gasteiger partial charge in [0.2, 0.25) is 0 Å². The number of hydrogen-bond donors (Lipinski definition) is 0. The van der Waals surface area contributed by atoms with Crippen LogP contribution in [0.3, 0.4) is 0 Å². The van der Waals surface area contributed by atoms with E-state index >= 15 is 0 Å². The number of ether oxygens (including phenoxy) is 1. The third-order valence-electron chi connectivity index (χ3n) is 4.61. The summed E-state index contributed by atoms with van der Waals surface area (Å²) in [5.74, 6) is 0. The van der Waals surface area contributed by atoms with Crippen molar-refractivity contribution in [2.24, 2.45) is 0 Å². The molecule has 0 bridgehead atoms. The first-order chi connectivity index (χ1) is 11.8. The summed E-state index contributed by atoms with van der Waals surface area (Å²) in [4.78, 5) is 0. The third kappa shape index (κ3) is 12.1. The minimum absolute atomic E-state index is 0.671. The van der Waals surface area contributed by atoms with E-state index in [2.05, 4.69) is 78.6 Å². The van der Waals surface area contributed by atoms with Crippen LogP contribution in [0.15, 0.2) is 12.2 Å². The Hall–Kier alpha value is 0.664. The van der Waals surface area contributed by atoms with E-state index in [1.165, 1.54) is 6.04 Å². The van der Waals surface area contributed by atoms with Gasteiger partial charge in [-0.3, -0.25) is 0 Å². The highest BCUT2D eigenvalue weighted by atomic mass is 29.3. The van der Waals surface area contributed by atoms with Gasteiger partial charge in [0.15, 0.2) is 16.2 Å². The molecular weight excluding hydrogens is 421 g/mol. The topological polar surface area (TPSA) is 36.9 Å². The Morgan fingerprint density at radius 3 is 1.67 bits per heavy atom. The molecule has 0 aromatic carbocycles. The normalized spacial score (nSPS) is 14.5. The summed E-state index contributed by atoms with van der Waals surface area (Å²) in [6.07, 6.45) is 1.11. The molecule has 0 aliphatic heterocycles. The smallest absolute Gasteiger partial charge is 0.312 e. The highest BCUT2D eigenvalue weighted by Gasteiger charge is 2.48. The Morgan fingerprint density at radius 1 is 0.741 bits per heavy atom. The molecule has 0 aliphatic carbocycles. The van der Waals surface area contributed by atoms with E-state index in [1.54, 1.807) is 0 Å². The standard InChI is InChI=1S/C18H46O4Si5/c1-18(2)17-19-15-14-16-24(6,7)27(12,13)22-26(10,11)21-25(8,9)20-23(3,4)5/h1,14-17H2,2-13H3. The first kappa shape index (κ1) is 27.7. The second-order valence-electron chi connectivity index (χ2n) is 10.7. The highest BCUT2D eigenvalue weighted by molar-refractivity contribution is 7.39. The maximum atomic E-state index is 6.87. The molecule has 9 heteroatoms. The molecule has 0 aromatic heterocycles. The van der Waals surface area contributed by atoms with Gasteiger partial charge in [0.1, 0.15) is 0 Å². The Kier molecular flexibility index (Phi) is 10.4. The molecule has 0 aliphatic rings. The molecule has 0 saturated carbocycles. The molecule has 0 rings (SSSR count). The van der Waals surface area contributed by atoms with Gasteiger partial charge in [0, 0.05) is 6.61 Å². The van der Waals surface area contributed by atoms with Crippen LogP contribution in [-0.2, 0) is 17.1 Å². The van der Waals surface area contributed by atoms with Crippen LogP contribution in [0.2, 0.25) is 78.1 Å². The molecule has 27 heavy (non-hydrogen) atoms. The molecule has 0 unspecified atom stereocenters. The van der Waals surface area contributed by atoms with E-state index in [1.807, 2.05) is 6.92 Å². The van der Waals surface area contributed by atoms with Crippen LogP contribution in [0.5, 0.6) is 0 Å². The van der Waals surface area contributed by atoms with Crippen LogP contribution < -0.4 is 0 Å². The van der Waals surface area contributed by atoms with Crippen molar-refractivity contribution in [2.75, 3.05) is 13.2 Å². The van der Waals surface area contributed by atoms with E-state index in [0.717, 1.165) is 18.6 Å². The highest BCUT2D eigenvalue weighted by Crippen LogP contribution is 2.31. The van der Waals surface area contributed by atoms with E-state index < -0.39 is 40.9 Å². The van der Waals surface area contributed by atoms with Crippen molar-refractivity contribution in [1.29, 1.82) is 0 Å². The van der Waals surface area contributed by atoms with Crippen molar-refractivity contribution in [1.82, 2.24) is 0 Å². The minimum atomic E-state index is -2.24. The average Bonchev–Trinajstić information content (AvgIpc) is 2.30. The van der Waals surface area contributed by atoms with Gasteiger partial charge in [-0.15, -0.1) is 0 Å². The van der Waals surface area contributed by atoms with Gasteiger partial charge in [0.05, 0.1) is 14.2 Å². The molecule has 0 radical (unpaired) electrons. The molecule has 4 nitrogen and oxygen atoms in total. The maximum Gasteiger partial charge on any atom is 0.312 e. The van der Waals surface area contributed by atoms with E-state index in [4.69, 9.17) is 17.1 Å². The van der Waals surface area contributed by atoms with Gasteiger partial charge in [-0.25, -0.2) is 0 Å². The summed E-state index contributed by atoms with van der Waals surface area (Å²) < 4.78 is 25.5. The maximum absolute atomic E-state index is 6.87. The zero-order chi connectivity index (χ0) is 21.7. The Labute approximate surface area is 174 Å². The Morgan fingerprint density at radius 2 is 1.22 bits per heavy atom. The van der Waals surface area contributed by atoms with Crippen molar-refractivity contribution in [3.05, 3.63) is 12.2 Å². The van der Waals surface area contributed by atoms with E-state index in [-0.39, 0.29) is 0 Å². The van der Waals surface area contributed by atoms with Crippen molar-refractivity contribution in [3.8, 4) is 0 Å². The molecular formula is C18H46O4Si5. The predicted octanol–water partition coefficient (Wildman–Crippen LogP) is 6.25. The van der Waals surface area contributed by atoms with E-state index in [0.29, 0.717) is 6.61 Å². The van der Waals surface area contributed by atoms with Gasteiger partial charge in [-0.05, 0) is 72.3 Å². The molecule has 0 N–H and O–H groups in total. The minimum Gasteiger partial charge on any atom is -0.439 e. The zero-order valence-corrected chi connectivity index (χ0v) is 25.2. The lowest BCUT2D eigenvalue weighted by Gasteiger charge is -2.45. The SMILES string of the molecule is C=C(C)COCCC[Si](C)(C)[Si](C)(C)O[Si](C)(C)O[Si](C)(C)O[Si](C)(C)C. The van der Waals surface area contributed by atoms with Gasteiger partial charge < -0.3 is 17.1 Å². The number of rotatable bonds is 13. The summed E-state index contributed by atoms with van der Waals surface area (Å²) in [7, 11) is -9.34. The van der Waals surface area contributed by atoms with Gasteiger partial charge in [0.25, 0.3) is 0 Å². The monoisotopic (exact) mass is 466 g/mol. The first-order valence-corrected chi connectivity index (χ1v) is 26.3. The average molecular weight is 467 g/mol. The van der Waals surface area contributed by atoms with Crippen molar-refractivity contribution < 1.29 is 17.1 Å².